The molecule has 0 radical (unpaired) electrons. The van der Waals surface area contributed by atoms with Gasteiger partial charge in [-0.05, 0) is 32.5 Å². The lowest BCUT2D eigenvalue weighted by Gasteiger charge is -2.35. The summed E-state index contributed by atoms with van der Waals surface area (Å²) in [6.45, 7) is 7.44. The van der Waals surface area contributed by atoms with Crippen LogP contribution in [0.1, 0.15) is 32.1 Å². The van der Waals surface area contributed by atoms with Crippen molar-refractivity contribution in [2.24, 2.45) is 5.73 Å². The van der Waals surface area contributed by atoms with Gasteiger partial charge in [-0.3, -0.25) is 0 Å². The average molecular weight is 201 g/mol. The summed E-state index contributed by atoms with van der Waals surface area (Å²) < 4.78 is 5.89. The summed E-state index contributed by atoms with van der Waals surface area (Å²) in [4.78, 5) is 0. The first-order valence-electron chi connectivity index (χ1n) is 5.34. The molecule has 1 saturated carbocycles. The van der Waals surface area contributed by atoms with E-state index in [1.165, 1.54) is 19.3 Å². The third-order valence-corrected chi connectivity index (χ3v) is 3.65. The van der Waals surface area contributed by atoms with Gasteiger partial charge in [0, 0.05) is 5.54 Å². The second-order valence-electron chi connectivity index (χ2n) is 5.32. The molecule has 3 heteroatoms. The van der Waals surface area contributed by atoms with Gasteiger partial charge in [-0.15, -0.1) is 0 Å². The highest BCUT2D eigenvalue weighted by Crippen LogP contribution is 2.26. The molecule has 78 valence electrons. The highest BCUT2D eigenvalue weighted by Gasteiger charge is 2.29. The van der Waals surface area contributed by atoms with Crippen LogP contribution in [0.5, 0.6) is 0 Å². The quantitative estimate of drug-likeness (QED) is 0.712. The number of rotatable bonds is 3. The van der Waals surface area contributed by atoms with Crippen LogP contribution in [0.25, 0.3) is 0 Å². The van der Waals surface area contributed by atoms with Crippen molar-refractivity contribution in [1.82, 2.24) is 0 Å². The molecule has 13 heavy (non-hydrogen) atoms. The van der Waals surface area contributed by atoms with Crippen LogP contribution in [0.15, 0.2) is 0 Å². The van der Waals surface area contributed by atoms with E-state index in [9.17, 15) is 0 Å². The lowest BCUT2D eigenvalue weighted by molar-refractivity contribution is 0.169. The molecule has 0 aliphatic heterocycles. The molecule has 0 amide bonds. The van der Waals surface area contributed by atoms with Crippen LogP contribution in [-0.2, 0) is 4.43 Å². The Labute approximate surface area is 83.0 Å². The second-order valence-corrected chi connectivity index (χ2v) is 9.84. The Bertz CT molecular complexity index is 159. The van der Waals surface area contributed by atoms with E-state index in [0.29, 0.717) is 0 Å². The normalized spacial score (nSPS) is 23.1. The zero-order valence-corrected chi connectivity index (χ0v) is 10.2. The van der Waals surface area contributed by atoms with Crippen LogP contribution in [0.3, 0.4) is 0 Å². The fraction of sp³-hybridized carbons (Fsp3) is 1.00. The molecule has 1 rings (SSSR count). The number of nitrogens with two attached hydrogens (primary N) is 1. The van der Waals surface area contributed by atoms with Crippen LogP contribution in [-0.4, -0.2) is 20.5 Å². The van der Waals surface area contributed by atoms with Gasteiger partial charge in [-0.25, -0.2) is 0 Å². The molecule has 0 unspecified atom stereocenters. The van der Waals surface area contributed by atoms with Crippen LogP contribution in [0, 0.1) is 0 Å². The first-order chi connectivity index (χ1) is 5.91. The Balaban J connectivity index is 2.33. The summed E-state index contributed by atoms with van der Waals surface area (Å²) in [5.41, 5.74) is 6.26. The van der Waals surface area contributed by atoms with Gasteiger partial charge in [0.05, 0.1) is 6.61 Å². The summed E-state index contributed by atoms with van der Waals surface area (Å²) in [6, 6.07) is 0. The molecule has 0 bridgehead atoms. The third-order valence-electron chi connectivity index (χ3n) is 2.64. The molecule has 1 aliphatic carbocycles. The molecule has 1 fully saturated rings. The maximum absolute atomic E-state index is 6.26. The van der Waals surface area contributed by atoms with Crippen molar-refractivity contribution < 1.29 is 4.43 Å². The first-order valence-corrected chi connectivity index (χ1v) is 8.75. The van der Waals surface area contributed by atoms with Gasteiger partial charge in [-0.2, -0.15) is 0 Å². The maximum atomic E-state index is 6.26. The largest absolute Gasteiger partial charge is 0.416 e. The Morgan fingerprint density at radius 2 is 1.69 bits per heavy atom. The van der Waals surface area contributed by atoms with Crippen LogP contribution >= 0.6 is 0 Å². The minimum absolute atomic E-state index is 0.00146. The van der Waals surface area contributed by atoms with Crippen molar-refractivity contribution in [2.45, 2.75) is 57.3 Å². The van der Waals surface area contributed by atoms with Gasteiger partial charge in [0.2, 0.25) is 0 Å². The fourth-order valence-corrected chi connectivity index (χ4v) is 2.48. The molecule has 0 aromatic carbocycles. The zero-order valence-electron chi connectivity index (χ0n) is 9.23. The minimum Gasteiger partial charge on any atom is -0.416 e. The van der Waals surface area contributed by atoms with Crippen LogP contribution < -0.4 is 5.73 Å². The van der Waals surface area contributed by atoms with E-state index in [1.54, 1.807) is 0 Å². The fourth-order valence-electron chi connectivity index (χ4n) is 1.76. The lowest BCUT2D eigenvalue weighted by Crippen LogP contribution is -2.48. The highest BCUT2D eigenvalue weighted by atomic mass is 28.4. The number of hydrogen-bond donors (Lipinski definition) is 1. The molecule has 0 aromatic heterocycles. The van der Waals surface area contributed by atoms with Gasteiger partial charge in [0.15, 0.2) is 8.32 Å². The molecular formula is C10H23NOSi. The molecule has 0 saturated heterocycles. The van der Waals surface area contributed by atoms with Gasteiger partial charge in [0.1, 0.15) is 0 Å². The Kier molecular flexibility index (Phi) is 3.55. The standard InChI is InChI=1S/C10H23NOSi/c1-13(2,3)12-9-10(11)7-5-4-6-8-10/h4-9,11H2,1-3H3. The number of hydrogen-bond acceptors (Lipinski definition) is 2. The predicted octanol–water partition coefficient (Wildman–Crippen LogP) is 2.50. The summed E-state index contributed by atoms with van der Waals surface area (Å²) in [5.74, 6) is 0. The maximum Gasteiger partial charge on any atom is 0.183 e. The van der Waals surface area contributed by atoms with E-state index in [4.69, 9.17) is 10.2 Å². The van der Waals surface area contributed by atoms with Crippen molar-refractivity contribution in [2.75, 3.05) is 6.61 Å². The van der Waals surface area contributed by atoms with Gasteiger partial charge >= 0.3 is 0 Å². The van der Waals surface area contributed by atoms with Gasteiger partial charge < -0.3 is 10.2 Å². The van der Waals surface area contributed by atoms with Crippen molar-refractivity contribution >= 4 is 8.32 Å². The van der Waals surface area contributed by atoms with Crippen LogP contribution in [0.2, 0.25) is 19.6 Å². The van der Waals surface area contributed by atoms with Crippen molar-refractivity contribution in [3.63, 3.8) is 0 Å². The van der Waals surface area contributed by atoms with E-state index in [1.807, 2.05) is 0 Å². The zero-order chi connectivity index (χ0) is 9.95. The molecule has 1 aliphatic rings. The minimum atomic E-state index is -1.37. The molecule has 0 heterocycles. The van der Waals surface area contributed by atoms with Crippen molar-refractivity contribution in [3.8, 4) is 0 Å². The third kappa shape index (κ3) is 4.25. The van der Waals surface area contributed by atoms with E-state index in [0.717, 1.165) is 19.4 Å². The van der Waals surface area contributed by atoms with E-state index in [-0.39, 0.29) is 5.54 Å². The summed E-state index contributed by atoms with van der Waals surface area (Å²) in [6.07, 6.45) is 6.22. The summed E-state index contributed by atoms with van der Waals surface area (Å²) >= 11 is 0. The molecular weight excluding hydrogens is 178 g/mol. The predicted molar refractivity (Wildman–Crippen MR) is 59.3 cm³/mol. The summed E-state index contributed by atoms with van der Waals surface area (Å²) in [5, 5.41) is 0. The Morgan fingerprint density at radius 3 is 2.15 bits per heavy atom. The van der Waals surface area contributed by atoms with E-state index >= 15 is 0 Å². The van der Waals surface area contributed by atoms with E-state index < -0.39 is 8.32 Å². The topological polar surface area (TPSA) is 35.2 Å². The Hall–Kier alpha value is 0.137. The summed E-state index contributed by atoms with van der Waals surface area (Å²) in [7, 11) is -1.37. The monoisotopic (exact) mass is 201 g/mol. The molecule has 0 atom stereocenters. The van der Waals surface area contributed by atoms with Crippen molar-refractivity contribution in [3.05, 3.63) is 0 Å². The van der Waals surface area contributed by atoms with Crippen LogP contribution in [0.4, 0.5) is 0 Å². The molecule has 2 nitrogen and oxygen atoms in total. The Morgan fingerprint density at radius 1 is 1.15 bits per heavy atom. The highest BCUT2D eigenvalue weighted by molar-refractivity contribution is 6.69. The average Bonchev–Trinajstić information content (AvgIpc) is 2.02. The second kappa shape index (κ2) is 4.11. The molecule has 0 spiro atoms. The van der Waals surface area contributed by atoms with Gasteiger partial charge in [0.25, 0.3) is 0 Å². The SMILES string of the molecule is C[Si](C)(C)OCC1(N)CCCCC1. The molecule has 0 aromatic rings. The first kappa shape index (κ1) is 11.2. The van der Waals surface area contributed by atoms with Gasteiger partial charge in [-0.1, -0.05) is 19.3 Å². The van der Waals surface area contributed by atoms with E-state index in [2.05, 4.69) is 19.6 Å². The van der Waals surface area contributed by atoms with Crippen molar-refractivity contribution in [1.29, 1.82) is 0 Å². The molecule has 2 N–H and O–H groups in total. The lowest BCUT2D eigenvalue weighted by atomic mass is 9.83. The smallest absolute Gasteiger partial charge is 0.183 e.